The van der Waals surface area contributed by atoms with E-state index in [2.05, 4.69) is 33.5 Å². The number of aromatic nitrogens is 2. The molecule has 0 bridgehead atoms. The zero-order valence-electron chi connectivity index (χ0n) is 16.6. The molecule has 7 heteroatoms. The normalized spacial score (nSPS) is 12.5. The number of pyridine rings is 1. The van der Waals surface area contributed by atoms with Crippen LogP contribution in [0.2, 0.25) is 0 Å². The molecule has 0 fully saturated rings. The molecule has 0 unspecified atom stereocenters. The van der Waals surface area contributed by atoms with Gasteiger partial charge in [0.2, 0.25) is 0 Å². The van der Waals surface area contributed by atoms with E-state index < -0.39 is 5.82 Å². The maximum atomic E-state index is 13.6. The molecule has 0 radical (unpaired) electrons. The first kappa shape index (κ1) is 20.3. The fourth-order valence-electron chi connectivity index (χ4n) is 3.46. The summed E-state index contributed by atoms with van der Waals surface area (Å²) < 4.78 is 13.6. The quantitative estimate of drug-likeness (QED) is 0.491. The highest BCUT2D eigenvalue weighted by Gasteiger charge is 2.14. The Bertz CT molecular complexity index is 1060. The molecule has 2 aromatic heterocycles. The number of nitrogens with one attached hydrogen (secondary N) is 1. The van der Waals surface area contributed by atoms with Crippen LogP contribution in [0, 0.1) is 5.82 Å². The third-order valence-corrected chi connectivity index (χ3v) is 5.96. The summed E-state index contributed by atoms with van der Waals surface area (Å²) in [7, 11) is 0. The molecular formula is C23H23FN4OS. The van der Waals surface area contributed by atoms with Crippen molar-refractivity contribution in [2.75, 3.05) is 0 Å². The molecule has 4 rings (SSSR count). The van der Waals surface area contributed by atoms with E-state index in [1.165, 1.54) is 40.9 Å². The molecule has 1 aliphatic heterocycles. The number of fused-ring (bicyclic) bond motifs is 1. The first-order valence-electron chi connectivity index (χ1n) is 10.2. The lowest BCUT2D eigenvalue weighted by molar-refractivity contribution is 0.0945. The van der Waals surface area contributed by atoms with Gasteiger partial charge in [-0.2, -0.15) is 0 Å². The van der Waals surface area contributed by atoms with E-state index in [0.717, 1.165) is 49.2 Å². The van der Waals surface area contributed by atoms with Crippen LogP contribution in [-0.2, 0) is 19.4 Å². The Kier molecular flexibility index (Phi) is 6.59. The van der Waals surface area contributed by atoms with E-state index in [0.29, 0.717) is 5.69 Å². The zero-order valence-corrected chi connectivity index (χ0v) is 17.4. The number of rotatable bonds is 9. The van der Waals surface area contributed by atoms with Gasteiger partial charge in [-0.1, -0.05) is 24.6 Å². The Morgan fingerprint density at radius 1 is 1.10 bits per heavy atom. The number of unbranched alkanes of at least 4 members (excludes halogenated alkanes) is 2. The molecule has 0 aliphatic carbocycles. The lowest BCUT2D eigenvalue weighted by Crippen LogP contribution is -2.24. The minimum Gasteiger partial charge on any atom is -0.345 e. The summed E-state index contributed by atoms with van der Waals surface area (Å²) in [4.78, 5) is 25.3. The summed E-state index contributed by atoms with van der Waals surface area (Å²) in [6.45, 7) is 0.0477. The van der Waals surface area contributed by atoms with Crippen LogP contribution >= 0.6 is 11.3 Å². The molecule has 1 amide bonds. The average Bonchev–Trinajstić information content (AvgIpc) is 3.39. The van der Waals surface area contributed by atoms with E-state index >= 15 is 0 Å². The van der Waals surface area contributed by atoms with Gasteiger partial charge < -0.3 is 5.32 Å². The Morgan fingerprint density at radius 3 is 2.83 bits per heavy atom. The SMILES string of the molecule is O=C(NCc1ncccc1F)c1csc(CCCCCC2=Nc3ccccc3C2)n1. The molecule has 3 heterocycles. The summed E-state index contributed by atoms with van der Waals surface area (Å²) in [5.74, 6) is -0.731. The van der Waals surface area contributed by atoms with Gasteiger partial charge >= 0.3 is 0 Å². The topological polar surface area (TPSA) is 67.2 Å². The van der Waals surface area contributed by atoms with Crippen LogP contribution in [0.5, 0.6) is 0 Å². The van der Waals surface area contributed by atoms with E-state index in [9.17, 15) is 9.18 Å². The highest BCUT2D eigenvalue weighted by Crippen LogP contribution is 2.27. The molecule has 0 saturated carbocycles. The monoisotopic (exact) mass is 422 g/mol. The lowest BCUT2D eigenvalue weighted by atomic mass is 10.0. The second-order valence-electron chi connectivity index (χ2n) is 7.29. The number of carbonyl (C=O) groups excluding carboxylic acids is 1. The largest absolute Gasteiger partial charge is 0.345 e. The standard InChI is InChI=1S/C23H23FN4OS/c24-18-9-6-12-25-20(18)14-26-23(29)21-15-30-22(28-21)11-3-1-2-8-17-13-16-7-4-5-10-19(16)27-17/h4-7,9-10,12,15H,1-3,8,11,13-14H2,(H,26,29). The van der Waals surface area contributed by atoms with Gasteiger partial charge in [0.25, 0.3) is 5.91 Å². The number of para-hydroxylation sites is 1. The van der Waals surface area contributed by atoms with Gasteiger partial charge in [-0.05, 0) is 49.4 Å². The van der Waals surface area contributed by atoms with Crippen molar-refractivity contribution in [1.82, 2.24) is 15.3 Å². The molecule has 0 saturated heterocycles. The lowest BCUT2D eigenvalue weighted by Gasteiger charge is -2.03. The number of benzene rings is 1. The van der Waals surface area contributed by atoms with Crippen molar-refractivity contribution < 1.29 is 9.18 Å². The number of amides is 1. The third-order valence-electron chi connectivity index (χ3n) is 5.06. The first-order valence-corrected chi connectivity index (χ1v) is 11.0. The molecule has 154 valence electrons. The molecule has 1 aliphatic rings. The summed E-state index contributed by atoms with van der Waals surface area (Å²) in [6.07, 6.45) is 7.63. The Hall–Kier alpha value is -2.93. The average molecular weight is 423 g/mol. The molecule has 30 heavy (non-hydrogen) atoms. The van der Waals surface area contributed by atoms with Crippen LogP contribution in [0.25, 0.3) is 0 Å². The number of hydrogen-bond acceptors (Lipinski definition) is 5. The van der Waals surface area contributed by atoms with Gasteiger partial charge in [0.1, 0.15) is 11.5 Å². The van der Waals surface area contributed by atoms with Crippen molar-refractivity contribution in [2.45, 2.75) is 45.1 Å². The molecule has 0 atom stereocenters. The fourth-order valence-corrected chi connectivity index (χ4v) is 4.28. The fraction of sp³-hybridized carbons (Fsp3) is 0.304. The van der Waals surface area contributed by atoms with Crippen LogP contribution < -0.4 is 5.32 Å². The number of carbonyl (C=O) groups is 1. The highest BCUT2D eigenvalue weighted by molar-refractivity contribution is 7.09. The number of aryl methyl sites for hydroxylation is 1. The van der Waals surface area contributed by atoms with Gasteiger partial charge in [-0.25, -0.2) is 9.37 Å². The van der Waals surface area contributed by atoms with Gasteiger partial charge in [0.05, 0.1) is 22.9 Å². The number of aliphatic imine (C=N–C) groups is 1. The molecule has 0 spiro atoms. The zero-order chi connectivity index (χ0) is 20.8. The molecule has 1 N–H and O–H groups in total. The maximum absolute atomic E-state index is 13.6. The minimum atomic E-state index is -0.427. The van der Waals surface area contributed by atoms with Crippen molar-refractivity contribution in [3.8, 4) is 0 Å². The van der Waals surface area contributed by atoms with Gasteiger partial charge in [0, 0.05) is 23.7 Å². The number of nitrogens with zero attached hydrogens (tertiary/aromatic N) is 3. The molecule has 5 nitrogen and oxygen atoms in total. The third kappa shape index (κ3) is 5.16. The van der Waals surface area contributed by atoms with Crippen molar-refractivity contribution in [1.29, 1.82) is 0 Å². The Labute approximate surface area is 179 Å². The van der Waals surface area contributed by atoms with Crippen LogP contribution in [0.15, 0.2) is 53.0 Å². The Balaban J connectivity index is 1.16. The predicted octanol–water partition coefficient (Wildman–Crippen LogP) is 5.04. The van der Waals surface area contributed by atoms with Gasteiger partial charge in [0.15, 0.2) is 0 Å². The minimum absolute atomic E-state index is 0.0477. The predicted molar refractivity (Wildman–Crippen MR) is 117 cm³/mol. The first-order chi connectivity index (χ1) is 14.7. The Morgan fingerprint density at radius 2 is 1.97 bits per heavy atom. The van der Waals surface area contributed by atoms with Crippen molar-refractivity contribution in [3.63, 3.8) is 0 Å². The van der Waals surface area contributed by atoms with E-state index in [4.69, 9.17) is 4.99 Å². The summed E-state index contributed by atoms with van der Waals surface area (Å²) in [5, 5.41) is 5.38. The summed E-state index contributed by atoms with van der Waals surface area (Å²) in [5.41, 5.74) is 4.31. The van der Waals surface area contributed by atoms with E-state index in [1.807, 2.05) is 6.07 Å². The van der Waals surface area contributed by atoms with Gasteiger partial charge in [-0.15, -0.1) is 11.3 Å². The second kappa shape index (κ2) is 9.71. The summed E-state index contributed by atoms with van der Waals surface area (Å²) >= 11 is 1.49. The van der Waals surface area contributed by atoms with Crippen LogP contribution in [0.3, 0.4) is 0 Å². The van der Waals surface area contributed by atoms with Crippen LogP contribution in [-0.4, -0.2) is 21.6 Å². The van der Waals surface area contributed by atoms with Gasteiger partial charge in [-0.3, -0.25) is 14.8 Å². The van der Waals surface area contributed by atoms with Crippen molar-refractivity contribution in [3.05, 3.63) is 75.8 Å². The highest BCUT2D eigenvalue weighted by atomic mass is 32.1. The molecular weight excluding hydrogens is 399 g/mol. The molecule has 1 aromatic carbocycles. The van der Waals surface area contributed by atoms with E-state index in [1.54, 1.807) is 5.38 Å². The number of halogens is 1. The molecule has 3 aromatic rings. The van der Waals surface area contributed by atoms with Crippen molar-refractivity contribution >= 4 is 28.6 Å². The van der Waals surface area contributed by atoms with Crippen molar-refractivity contribution in [2.24, 2.45) is 4.99 Å². The summed E-state index contributed by atoms with van der Waals surface area (Å²) in [6, 6.07) is 11.2. The van der Waals surface area contributed by atoms with Crippen LogP contribution in [0.4, 0.5) is 10.1 Å². The number of thiazole rings is 1. The maximum Gasteiger partial charge on any atom is 0.271 e. The van der Waals surface area contributed by atoms with E-state index in [-0.39, 0.29) is 18.1 Å². The smallest absolute Gasteiger partial charge is 0.271 e. The van der Waals surface area contributed by atoms with Crippen LogP contribution in [0.1, 0.15) is 52.4 Å². The number of hydrogen-bond donors (Lipinski definition) is 1. The second-order valence-corrected chi connectivity index (χ2v) is 8.23.